The Morgan fingerprint density at radius 3 is 0.658 bits per heavy atom. The molecule has 0 aromatic heterocycles. The van der Waals surface area contributed by atoms with Gasteiger partial charge in [-0.05, 0) is 12.8 Å². The van der Waals surface area contributed by atoms with Gasteiger partial charge in [-0.15, -0.1) is 0 Å². The van der Waals surface area contributed by atoms with E-state index in [1.165, 1.54) is 116 Å². The molecule has 232 valence electrons. The van der Waals surface area contributed by atoms with Gasteiger partial charge in [-0.3, -0.25) is 0 Å². The lowest BCUT2D eigenvalue weighted by Gasteiger charge is -2.24. The Morgan fingerprint density at radius 1 is 0.289 bits per heavy atom. The predicted molar refractivity (Wildman–Crippen MR) is 167 cm³/mol. The molecule has 0 aliphatic rings. The molecule has 0 rings (SSSR count). The summed E-state index contributed by atoms with van der Waals surface area (Å²) in [5.41, 5.74) is 0. The van der Waals surface area contributed by atoms with Crippen molar-refractivity contribution in [2.24, 2.45) is 0 Å². The highest BCUT2D eigenvalue weighted by Crippen LogP contribution is 2.20. The van der Waals surface area contributed by atoms with E-state index in [0.29, 0.717) is 0 Å². The summed E-state index contributed by atoms with van der Waals surface area (Å²) in [4.78, 5) is 0. The van der Waals surface area contributed by atoms with Crippen molar-refractivity contribution >= 4 is 17.6 Å². The maximum absolute atomic E-state index is 5.41. The van der Waals surface area contributed by atoms with E-state index in [-0.39, 0.29) is 0 Å². The van der Waals surface area contributed by atoms with E-state index in [4.69, 9.17) is 26.6 Å². The predicted octanol–water partition coefficient (Wildman–Crippen LogP) is 9.57. The summed E-state index contributed by atoms with van der Waals surface area (Å²) in [6, 6.07) is 1.88. The SMILES string of the molecule is CCCCCCCCCCCC[Si](OC)(OC)OC.CCCCCCCCCCCC[Si](OC)(OC)OC. The van der Waals surface area contributed by atoms with Gasteiger partial charge in [-0.25, -0.2) is 0 Å². The normalized spacial score (nSPS) is 12.0. The maximum atomic E-state index is 5.41. The van der Waals surface area contributed by atoms with Gasteiger partial charge in [0.05, 0.1) is 0 Å². The molecule has 0 aromatic rings. The van der Waals surface area contributed by atoms with Gasteiger partial charge in [-0.2, -0.15) is 0 Å². The molecule has 0 aliphatic carbocycles. The van der Waals surface area contributed by atoms with Crippen molar-refractivity contribution in [2.75, 3.05) is 42.7 Å². The van der Waals surface area contributed by atoms with Crippen LogP contribution in [0.2, 0.25) is 12.1 Å². The Hall–Kier alpha value is 0.194. The van der Waals surface area contributed by atoms with E-state index in [2.05, 4.69) is 13.8 Å². The Balaban J connectivity index is 0. The molecule has 0 N–H and O–H groups in total. The zero-order valence-electron chi connectivity index (χ0n) is 27.0. The Bertz CT molecular complexity index is 392. The van der Waals surface area contributed by atoms with Gasteiger partial charge in [-0.1, -0.05) is 129 Å². The molecule has 6 nitrogen and oxygen atoms in total. The molecular formula is C30H68O6Si2. The second-order valence-corrected chi connectivity index (χ2v) is 16.6. The van der Waals surface area contributed by atoms with E-state index in [1.807, 2.05) is 0 Å². The molecule has 0 unspecified atom stereocenters. The van der Waals surface area contributed by atoms with Gasteiger partial charge in [0.15, 0.2) is 0 Å². The largest absolute Gasteiger partial charge is 0.500 e. The third-order valence-electron chi connectivity index (χ3n) is 7.54. The molecule has 0 fully saturated rings. The molecule has 0 atom stereocenters. The minimum absolute atomic E-state index is 0.938. The molecular weight excluding hydrogens is 512 g/mol. The van der Waals surface area contributed by atoms with Gasteiger partial charge in [0, 0.05) is 54.7 Å². The van der Waals surface area contributed by atoms with Crippen molar-refractivity contribution in [3.8, 4) is 0 Å². The van der Waals surface area contributed by atoms with Crippen LogP contribution in [0.4, 0.5) is 0 Å². The van der Waals surface area contributed by atoms with Crippen LogP contribution in [0.1, 0.15) is 142 Å². The van der Waals surface area contributed by atoms with Crippen LogP contribution < -0.4 is 0 Å². The molecule has 0 aromatic carbocycles. The molecule has 0 radical (unpaired) electrons. The molecule has 8 heteroatoms. The summed E-state index contributed by atoms with van der Waals surface area (Å²) in [7, 11) is 5.52. The van der Waals surface area contributed by atoms with Crippen LogP contribution >= 0.6 is 0 Å². The highest BCUT2D eigenvalue weighted by atomic mass is 28.4. The van der Waals surface area contributed by atoms with Crippen molar-refractivity contribution in [1.82, 2.24) is 0 Å². The topological polar surface area (TPSA) is 55.4 Å². The lowest BCUT2D eigenvalue weighted by Crippen LogP contribution is -2.42. The smallest absolute Gasteiger partial charge is 0.377 e. The van der Waals surface area contributed by atoms with Gasteiger partial charge < -0.3 is 26.6 Å². The van der Waals surface area contributed by atoms with Crippen LogP contribution in [0.15, 0.2) is 0 Å². The molecule has 0 amide bonds. The number of unbranched alkanes of at least 4 members (excludes halogenated alkanes) is 18. The quantitative estimate of drug-likeness (QED) is 0.0678. The van der Waals surface area contributed by atoms with Crippen LogP contribution in [0.3, 0.4) is 0 Å². The summed E-state index contributed by atoms with van der Waals surface area (Å²) in [6.07, 6.45) is 27.0. The zero-order chi connectivity index (χ0) is 28.8. The lowest BCUT2D eigenvalue weighted by atomic mass is 10.1. The summed E-state index contributed by atoms with van der Waals surface area (Å²) >= 11 is 0. The average molecular weight is 581 g/mol. The van der Waals surface area contributed by atoms with Crippen LogP contribution in [-0.2, 0) is 26.6 Å². The maximum Gasteiger partial charge on any atom is 0.500 e. The first kappa shape index (κ1) is 40.3. The Labute approximate surface area is 241 Å². The van der Waals surface area contributed by atoms with Gasteiger partial charge in [0.25, 0.3) is 0 Å². The standard InChI is InChI=1S/2C15H34O3Si/c2*1-5-6-7-8-9-10-11-12-13-14-15-19(16-2,17-3)18-4/h2*5-15H2,1-4H3. The van der Waals surface area contributed by atoms with Crippen molar-refractivity contribution in [2.45, 2.75) is 154 Å². The Kier molecular flexibility index (Phi) is 32.0. The van der Waals surface area contributed by atoms with E-state index >= 15 is 0 Å². The van der Waals surface area contributed by atoms with E-state index in [9.17, 15) is 0 Å². The first-order chi connectivity index (χ1) is 18.5. The van der Waals surface area contributed by atoms with Crippen molar-refractivity contribution < 1.29 is 26.6 Å². The molecule has 0 saturated carbocycles. The summed E-state index contributed by atoms with van der Waals surface area (Å²) < 4.78 is 32.5. The first-order valence-electron chi connectivity index (χ1n) is 15.8. The molecule has 0 spiro atoms. The first-order valence-corrected chi connectivity index (χ1v) is 19.7. The fourth-order valence-corrected chi connectivity index (χ4v) is 8.36. The minimum Gasteiger partial charge on any atom is -0.377 e. The number of rotatable bonds is 28. The Morgan fingerprint density at radius 2 is 0.474 bits per heavy atom. The van der Waals surface area contributed by atoms with Crippen molar-refractivity contribution in [3.63, 3.8) is 0 Å². The zero-order valence-corrected chi connectivity index (χ0v) is 29.0. The van der Waals surface area contributed by atoms with Crippen molar-refractivity contribution in [3.05, 3.63) is 0 Å². The monoisotopic (exact) mass is 580 g/mol. The summed E-state index contributed by atoms with van der Waals surface area (Å²) in [5.74, 6) is 0. The number of hydrogen-bond acceptors (Lipinski definition) is 6. The third-order valence-corrected chi connectivity index (χ3v) is 13.2. The summed E-state index contributed by atoms with van der Waals surface area (Å²) in [5, 5.41) is 0. The molecule has 38 heavy (non-hydrogen) atoms. The third kappa shape index (κ3) is 23.0. The van der Waals surface area contributed by atoms with Gasteiger partial charge in [0.1, 0.15) is 0 Å². The second kappa shape index (κ2) is 30.2. The van der Waals surface area contributed by atoms with Crippen LogP contribution in [-0.4, -0.2) is 60.3 Å². The van der Waals surface area contributed by atoms with Crippen LogP contribution in [0, 0.1) is 0 Å². The fourth-order valence-electron chi connectivity index (χ4n) is 4.77. The van der Waals surface area contributed by atoms with Gasteiger partial charge in [0.2, 0.25) is 0 Å². The van der Waals surface area contributed by atoms with E-state index < -0.39 is 17.6 Å². The fraction of sp³-hybridized carbons (Fsp3) is 1.00. The molecule has 0 bridgehead atoms. The highest BCUT2D eigenvalue weighted by Gasteiger charge is 2.37. The van der Waals surface area contributed by atoms with Crippen molar-refractivity contribution in [1.29, 1.82) is 0 Å². The molecule has 0 saturated heterocycles. The van der Waals surface area contributed by atoms with E-state index in [0.717, 1.165) is 24.9 Å². The lowest BCUT2D eigenvalue weighted by molar-refractivity contribution is 0.122. The highest BCUT2D eigenvalue weighted by molar-refractivity contribution is 6.60. The minimum atomic E-state index is -2.31. The molecule has 0 heterocycles. The van der Waals surface area contributed by atoms with Crippen LogP contribution in [0.25, 0.3) is 0 Å². The second-order valence-electron chi connectivity index (χ2n) is 10.5. The molecule has 0 aliphatic heterocycles. The average Bonchev–Trinajstić information content (AvgIpc) is 2.96. The van der Waals surface area contributed by atoms with Gasteiger partial charge >= 0.3 is 17.6 Å². The van der Waals surface area contributed by atoms with Crippen LogP contribution in [0.5, 0.6) is 0 Å². The van der Waals surface area contributed by atoms with E-state index in [1.54, 1.807) is 42.7 Å². The number of hydrogen-bond donors (Lipinski definition) is 0. The summed E-state index contributed by atoms with van der Waals surface area (Å²) in [6.45, 7) is 4.53.